The molecule has 1 fully saturated rings. The van der Waals surface area contributed by atoms with Gasteiger partial charge in [-0.25, -0.2) is 13.6 Å². The van der Waals surface area contributed by atoms with Crippen LogP contribution in [0, 0.1) is 18.6 Å². The van der Waals surface area contributed by atoms with Crippen LogP contribution in [-0.4, -0.2) is 34.0 Å². The van der Waals surface area contributed by atoms with E-state index in [0.29, 0.717) is 6.07 Å². The van der Waals surface area contributed by atoms with E-state index in [-0.39, 0.29) is 24.2 Å². The summed E-state index contributed by atoms with van der Waals surface area (Å²) in [5, 5.41) is 2.52. The van der Waals surface area contributed by atoms with E-state index in [1.54, 1.807) is 4.90 Å². The summed E-state index contributed by atoms with van der Waals surface area (Å²) in [6.45, 7) is 1.83. The highest BCUT2D eigenvalue weighted by atomic mass is 19.1. The molecule has 1 aliphatic carbocycles. The number of benzene rings is 3. The number of urea groups is 1. The monoisotopic (exact) mass is 512 g/mol. The minimum atomic E-state index is -0.870. The molecule has 0 bridgehead atoms. The summed E-state index contributed by atoms with van der Waals surface area (Å²) >= 11 is 0. The molecule has 8 heteroatoms. The van der Waals surface area contributed by atoms with Crippen LogP contribution in [0.1, 0.15) is 35.7 Å². The Hall–Kier alpha value is -4.46. The second-order valence-corrected chi connectivity index (χ2v) is 9.79. The van der Waals surface area contributed by atoms with Crippen molar-refractivity contribution < 1.29 is 18.4 Å². The number of nitrogens with one attached hydrogen (secondary N) is 1. The topological polar surface area (TPSA) is 57.6 Å². The smallest absolute Gasteiger partial charge is 0.316 e. The molecule has 1 N–H and O–H groups in total. The second-order valence-electron chi connectivity index (χ2n) is 9.79. The van der Waals surface area contributed by atoms with Crippen LogP contribution in [0.5, 0.6) is 0 Å². The molecule has 1 atom stereocenters. The first-order valence-electron chi connectivity index (χ1n) is 12.6. The molecule has 3 amide bonds. The van der Waals surface area contributed by atoms with Crippen LogP contribution < -0.4 is 10.2 Å². The number of carbonyl (C=O) groups excluding carboxylic acids is 2. The lowest BCUT2D eigenvalue weighted by Crippen LogP contribution is -2.48. The van der Waals surface area contributed by atoms with E-state index in [1.807, 2.05) is 67.7 Å². The van der Waals surface area contributed by atoms with E-state index in [0.717, 1.165) is 47.1 Å². The summed E-state index contributed by atoms with van der Waals surface area (Å²) in [5.41, 5.74) is 4.47. The Bertz CT molecular complexity index is 1540. The van der Waals surface area contributed by atoms with Crippen molar-refractivity contribution in [3.8, 4) is 5.69 Å². The average molecular weight is 513 g/mol. The molecule has 0 spiro atoms. The van der Waals surface area contributed by atoms with Crippen molar-refractivity contribution in [3.63, 3.8) is 0 Å². The van der Waals surface area contributed by atoms with E-state index in [4.69, 9.17) is 0 Å². The predicted molar refractivity (Wildman–Crippen MR) is 141 cm³/mol. The van der Waals surface area contributed by atoms with Gasteiger partial charge in [-0.05, 0) is 61.7 Å². The van der Waals surface area contributed by atoms with Crippen LogP contribution in [0.15, 0.2) is 85.1 Å². The SMILES string of the molecule is Cc1cccc([C@@H]2c3cccn3-c3ccccc3N2C(=O)CN(C(=O)Nc2ccc(F)cc2F)C2CC2)c1. The number of hydrogen-bond acceptors (Lipinski definition) is 2. The van der Waals surface area contributed by atoms with E-state index >= 15 is 0 Å². The van der Waals surface area contributed by atoms with Crippen LogP contribution in [0.3, 0.4) is 0 Å². The minimum Gasteiger partial charge on any atom is -0.316 e. The molecule has 6 rings (SSSR count). The number of hydrogen-bond donors (Lipinski definition) is 1. The number of para-hydroxylation sites is 2. The number of halogens is 2. The Morgan fingerprint density at radius 2 is 1.74 bits per heavy atom. The minimum absolute atomic E-state index is 0.122. The van der Waals surface area contributed by atoms with Crippen LogP contribution in [0.25, 0.3) is 5.69 Å². The summed E-state index contributed by atoms with van der Waals surface area (Å²) in [6.07, 6.45) is 3.50. The lowest BCUT2D eigenvalue weighted by Gasteiger charge is -2.39. The van der Waals surface area contributed by atoms with Gasteiger partial charge >= 0.3 is 6.03 Å². The number of aryl methyl sites for hydroxylation is 1. The highest BCUT2D eigenvalue weighted by Gasteiger charge is 2.40. The molecule has 2 heterocycles. The Balaban J connectivity index is 1.36. The number of anilines is 2. The first-order valence-corrected chi connectivity index (χ1v) is 12.6. The molecular formula is C30H26F2N4O2. The van der Waals surface area contributed by atoms with Crippen molar-refractivity contribution in [3.05, 3.63) is 114 Å². The van der Waals surface area contributed by atoms with Gasteiger partial charge in [0.15, 0.2) is 0 Å². The Morgan fingerprint density at radius 1 is 0.947 bits per heavy atom. The van der Waals surface area contributed by atoms with Gasteiger partial charge in [-0.15, -0.1) is 0 Å². The Morgan fingerprint density at radius 3 is 2.47 bits per heavy atom. The molecule has 0 unspecified atom stereocenters. The maximum atomic E-state index is 14.2. The van der Waals surface area contributed by atoms with E-state index < -0.39 is 23.7 Å². The fourth-order valence-corrected chi connectivity index (χ4v) is 5.17. The van der Waals surface area contributed by atoms with Crippen LogP contribution in [0.4, 0.5) is 25.0 Å². The molecule has 0 radical (unpaired) electrons. The normalized spacial score (nSPS) is 16.0. The Labute approximate surface area is 219 Å². The van der Waals surface area contributed by atoms with Gasteiger partial charge in [-0.1, -0.05) is 42.0 Å². The van der Waals surface area contributed by atoms with Crippen molar-refractivity contribution in [2.45, 2.75) is 31.8 Å². The van der Waals surface area contributed by atoms with E-state index in [9.17, 15) is 18.4 Å². The first-order chi connectivity index (χ1) is 18.4. The van der Waals surface area contributed by atoms with Gasteiger partial charge in [0.2, 0.25) is 5.91 Å². The first kappa shape index (κ1) is 23.9. The summed E-state index contributed by atoms with van der Waals surface area (Å²) in [5.74, 6) is -1.85. The van der Waals surface area contributed by atoms with Crippen molar-refractivity contribution in [2.75, 3.05) is 16.8 Å². The third kappa shape index (κ3) is 4.32. The molecule has 1 saturated carbocycles. The molecule has 4 aromatic rings. The zero-order valence-electron chi connectivity index (χ0n) is 20.8. The standard InChI is InChI=1S/C30H26F2N4O2/c1-19-6-4-7-20(16-19)29-27-10-5-15-34(27)25-8-2-3-9-26(25)36(29)28(37)18-35(22-12-13-22)30(38)33-24-14-11-21(31)17-23(24)32/h2-11,14-17,22,29H,12-13,18H2,1H3,(H,33,38)/t29-/m1/s1. The van der Waals surface area contributed by atoms with Gasteiger partial charge in [0, 0.05) is 18.3 Å². The summed E-state index contributed by atoms with van der Waals surface area (Å²) in [7, 11) is 0. The number of aromatic nitrogens is 1. The largest absolute Gasteiger partial charge is 0.322 e. The number of fused-ring (bicyclic) bond motifs is 3. The number of nitrogens with zero attached hydrogens (tertiary/aromatic N) is 3. The highest BCUT2D eigenvalue weighted by molar-refractivity contribution is 6.01. The average Bonchev–Trinajstić information content (AvgIpc) is 3.63. The van der Waals surface area contributed by atoms with Gasteiger partial charge < -0.3 is 14.8 Å². The van der Waals surface area contributed by atoms with Crippen molar-refractivity contribution in [1.29, 1.82) is 0 Å². The number of carbonyl (C=O) groups is 2. The van der Waals surface area contributed by atoms with E-state index in [1.165, 1.54) is 11.0 Å². The number of amides is 3. The number of rotatable bonds is 5. The second kappa shape index (κ2) is 9.45. The maximum absolute atomic E-state index is 14.2. The van der Waals surface area contributed by atoms with E-state index in [2.05, 4.69) is 16.0 Å². The lowest BCUT2D eigenvalue weighted by molar-refractivity contribution is -0.119. The Kier molecular flexibility index (Phi) is 5.94. The van der Waals surface area contributed by atoms with Gasteiger partial charge in [0.05, 0.1) is 22.8 Å². The van der Waals surface area contributed by atoms with Crippen LogP contribution in [0.2, 0.25) is 0 Å². The van der Waals surface area contributed by atoms with Gasteiger partial charge in [0.25, 0.3) is 0 Å². The molecule has 6 nitrogen and oxygen atoms in total. The molecule has 3 aromatic carbocycles. The summed E-state index contributed by atoms with van der Waals surface area (Å²) in [4.78, 5) is 30.6. The molecule has 0 saturated heterocycles. The van der Waals surface area contributed by atoms with Crippen molar-refractivity contribution in [2.24, 2.45) is 0 Å². The van der Waals surface area contributed by atoms with Gasteiger partial charge in [-0.3, -0.25) is 9.69 Å². The fourth-order valence-electron chi connectivity index (χ4n) is 5.17. The highest BCUT2D eigenvalue weighted by Crippen LogP contribution is 2.42. The fraction of sp³-hybridized carbons (Fsp3) is 0.200. The molecule has 192 valence electrons. The lowest BCUT2D eigenvalue weighted by atomic mass is 9.96. The zero-order chi connectivity index (χ0) is 26.4. The molecule has 1 aliphatic heterocycles. The zero-order valence-corrected chi connectivity index (χ0v) is 20.8. The van der Waals surface area contributed by atoms with Crippen LogP contribution >= 0.6 is 0 Å². The third-order valence-electron chi connectivity index (χ3n) is 7.07. The predicted octanol–water partition coefficient (Wildman–Crippen LogP) is 6.20. The summed E-state index contributed by atoms with van der Waals surface area (Å²) in [6, 6.07) is 21.6. The molecule has 1 aromatic heterocycles. The molecular weight excluding hydrogens is 486 g/mol. The van der Waals surface area contributed by atoms with Crippen LogP contribution in [-0.2, 0) is 4.79 Å². The third-order valence-corrected chi connectivity index (χ3v) is 7.07. The van der Waals surface area contributed by atoms with Gasteiger partial charge in [0.1, 0.15) is 24.2 Å². The van der Waals surface area contributed by atoms with Gasteiger partial charge in [-0.2, -0.15) is 0 Å². The maximum Gasteiger partial charge on any atom is 0.322 e. The molecule has 38 heavy (non-hydrogen) atoms. The summed E-state index contributed by atoms with van der Waals surface area (Å²) < 4.78 is 29.7. The quantitative estimate of drug-likeness (QED) is 0.346. The van der Waals surface area contributed by atoms with Crippen molar-refractivity contribution >= 4 is 23.3 Å². The van der Waals surface area contributed by atoms with Crippen molar-refractivity contribution in [1.82, 2.24) is 9.47 Å². The molecule has 2 aliphatic rings.